The third kappa shape index (κ3) is 79.4. The maximum atomic E-state index is 13.0. The van der Waals surface area contributed by atoms with E-state index in [1.54, 1.807) is 0 Å². The summed E-state index contributed by atoms with van der Waals surface area (Å²) < 4.78 is 23.1. The number of ether oxygens (including phenoxy) is 4. The highest BCUT2D eigenvalue weighted by Crippen LogP contribution is 2.19. The average molecular weight is 1360 g/mol. The molecule has 0 heterocycles. The Morgan fingerprint density at radius 1 is 0.320 bits per heavy atom. The van der Waals surface area contributed by atoms with Crippen LogP contribution < -0.4 is 0 Å². The molecule has 0 spiro atoms. The molecule has 0 radical (unpaired) electrons. The molecule has 97 heavy (non-hydrogen) atoms. The average Bonchev–Trinajstić information content (AvgIpc) is 3.74. The molecule has 2 atom stereocenters. The molecule has 9 nitrogen and oxygen atoms in total. The minimum absolute atomic E-state index is 0.182. The van der Waals surface area contributed by atoms with Gasteiger partial charge in [-0.25, -0.2) is 4.79 Å². The van der Waals surface area contributed by atoms with Gasteiger partial charge < -0.3 is 28.5 Å². The van der Waals surface area contributed by atoms with Gasteiger partial charge in [0.2, 0.25) is 0 Å². The Morgan fingerprint density at radius 2 is 0.588 bits per heavy atom. The smallest absolute Gasteiger partial charge is 0.361 e. The van der Waals surface area contributed by atoms with Gasteiger partial charge in [0.25, 0.3) is 6.29 Å². The number of rotatable bonds is 77. The summed E-state index contributed by atoms with van der Waals surface area (Å²) in [5.41, 5.74) is 0. The number of likely N-dealkylation sites (N-methyl/N-ethyl adjacent to an activating group) is 1. The summed E-state index contributed by atoms with van der Waals surface area (Å²) >= 11 is 0. The fourth-order valence-electron chi connectivity index (χ4n) is 12.1. The molecule has 0 fully saturated rings. The predicted octanol–water partition coefficient (Wildman–Crippen LogP) is 26.7. The van der Waals surface area contributed by atoms with Crippen molar-refractivity contribution in [3.8, 4) is 0 Å². The van der Waals surface area contributed by atoms with Gasteiger partial charge in [0.1, 0.15) is 13.2 Å². The van der Waals surface area contributed by atoms with Crippen molar-refractivity contribution in [1.29, 1.82) is 0 Å². The summed E-state index contributed by atoms with van der Waals surface area (Å²) in [6.07, 6.45) is 106. The molecule has 2 unspecified atom stereocenters. The molecule has 0 aromatic rings. The molecule has 0 aromatic carbocycles. The Balaban J connectivity index is 4.00. The molecule has 9 heteroatoms. The molecular weight excluding hydrogens is 1200 g/mol. The monoisotopic (exact) mass is 1360 g/mol. The molecule has 0 aliphatic heterocycles. The molecule has 0 aliphatic carbocycles. The number of quaternary nitrogens is 1. The van der Waals surface area contributed by atoms with Crippen LogP contribution in [-0.2, 0) is 33.3 Å². The fourth-order valence-corrected chi connectivity index (χ4v) is 12.1. The number of carbonyl (C=O) groups excluding carboxylic acids is 2. The first-order valence-corrected chi connectivity index (χ1v) is 41.4. The van der Waals surface area contributed by atoms with E-state index in [1.165, 1.54) is 276 Å². The second kappa shape index (κ2) is 77.9. The lowest BCUT2D eigenvalue weighted by Gasteiger charge is -2.25. The van der Waals surface area contributed by atoms with Gasteiger partial charge in [0.15, 0.2) is 6.10 Å². The first kappa shape index (κ1) is 93.2. The van der Waals surface area contributed by atoms with E-state index in [0.29, 0.717) is 17.4 Å². The Labute approximate surface area is 601 Å². The van der Waals surface area contributed by atoms with Crippen LogP contribution in [-0.4, -0.2) is 87.4 Å². The normalized spacial score (nSPS) is 13.1. The van der Waals surface area contributed by atoms with E-state index in [2.05, 4.69) is 111 Å². The maximum Gasteiger partial charge on any atom is 0.361 e. The lowest BCUT2D eigenvalue weighted by molar-refractivity contribution is -0.870. The van der Waals surface area contributed by atoms with Gasteiger partial charge in [-0.15, -0.1) is 0 Å². The number of aliphatic carboxylic acids is 1. The molecule has 0 amide bonds. The number of allylic oxidation sites excluding steroid dienone is 16. The minimum Gasteiger partial charge on any atom is -0.477 e. The molecule has 562 valence electrons. The maximum absolute atomic E-state index is 13.0. The second-order valence-electron chi connectivity index (χ2n) is 29.1. The zero-order valence-electron chi connectivity index (χ0n) is 64.5. The molecular formula is C88H158NO8+. The summed E-state index contributed by atoms with van der Waals surface area (Å²) in [6, 6.07) is 0. The lowest BCUT2D eigenvalue weighted by atomic mass is 10.0. The van der Waals surface area contributed by atoms with Gasteiger partial charge in [0, 0.05) is 12.8 Å². The van der Waals surface area contributed by atoms with Crippen LogP contribution >= 0.6 is 0 Å². The third-order valence-corrected chi connectivity index (χ3v) is 18.3. The van der Waals surface area contributed by atoms with Crippen LogP contribution in [0.15, 0.2) is 97.2 Å². The van der Waals surface area contributed by atoms with Crippen LogP contribution in [0.4, 0.5) is 0 Å². The van der Waals surface area contributed by atoms with Crippen molar-refractivity contribution < 1.29 is 42.9 Å². The quantitative estimate of drug-likeness (QED) is 0.0211. The summed E-state index contributed by atoms with van der Waals surface area (Å²) in [4.78, 5) is 37.8. The van der Waals surface area contributed by atoms with Gasteiger partial charge in [-0.05, 0) is 96.3 Å². The van der Waals surface area contributed by atoms with Crippen molar-refractivity contribution in [3.05, 3.63) is 97.2 Å². The van der Waals surface area contributed by atoms with Crippen molar-refractivity contribution in [3.63, 3.8) is 0 Å². The van der Waals surface area contributed by atoms with E-state index in [4.69, 9.17) is 18.9 Å². The van der Waals surface area contributed by atoms with E-state index in [1.807, 2.05) is 21.1 Å². The van der Waals surface area contributed by atoms with Gasteiger partial charge in [0.05, 0.1) is 34.4 Å². The Bertz CT molecular complexity index is 1920. The van der Waals surface area contributed by atoms with E-state index in [9.17, 15) is 19.5 Å². The van der Waals surface area contributed by atoms with Gasteiger partial charge in [-0.2, -0.15) is 0 Å². The molecule has 0 rings (SSSR count). The largest absolute Gasteiger partial charge is 0.477 e. The number of carboxylic acid groups (broad SMARTS) is 1. The molecule has 1 N–H and O–H groups in total. The summed E-state index contributed by atoms with van der Waals surface area (Å²) in [5.74, 6) is -1.99. The van der Waals surface area contributed by atoms with Crippen LogP contribution in [0.3, 0.4) is 0 Å². The number of hydrogen-bond donors (Lipinski definition) is 1. The molecule has 0 aliphatic rings. The van der Waals surface area contributed by atoms with Gasteiger partial charge >= 0.3 is 17.9 Å². The van der Waals surface area contributed by atoms with E-state index >= 15 is 0 Å². The highest BCUT2D eigenvalue weighted by Gasteiger charge is 2.25. The summed E-state index contributed by atoms with van der Waals surface area (Å²) in [6.45, 7) is 4.81. The molecule has 0 aromatic heterocycles. The predicted molar refractivity (Wildman–Crippen MR) is 419 cm³/mol. The van der Waals surface area contributed by atoms with Crippen molar-refractivity contribution >= 4 is 17.9 Å². The number of unbranched alkanes of at least 4 members (excludes halogenated alkanes) is 46. The number of carboxylic acids is 1. The van der Waals surface area contributed by atoms with Crippen molar-refractivity contribution in [2.75, 3.05) is 47.5 Å². The highest BCUT2D eigenvalue weighted by atomic mass is 16.7. The number of nitrogens with zero attached hydrogens (tertiary/aromatic N) is 1. The fraction of sp³-hybridized carbons (Fsp3) is 0.784. The Kier molecular flexibility index (Phi) is 74.9. The minimum atomic E-state index is -1.51. The summed E-state index contributed by atoms with van der Waals surface area (Å²) in [7, 11) is 5.99. The first-order valence-electron chi connectivity index (χ1n) is 41.4. The number of carbonyl (C=O) groups is 3. The third-order valence-electron chi connectivity index (χ3n) is 18.3. The van der Waals surface area contributed by atoms with E-state index in [-0.39, 0.29) is 32.2 Å². The topological polar surface area (TPSA) is 108 Å². The van der Waals surface area contributed by atoms with Crippen LogP contribution in [0.25, 0.3) is 0 Å². The van der Waals surface area contributed by atoms with Crippen LogP contribution in [0, 0.1) is 0 Å². The first-order chi connectivity index (χ1) is 47.6. The zero-order valence-corrected chi connectivity index (χ0v) is 64.5. The SMILES string of the molecule is CC/C=C\C/C=C\C/C=C\C/C=C\C/C=C\C/C=C\C/C=C\CCCCCCCCCCCCCCCC(=O)OC(COC(=O)CCCCCCCCCCCCCCCCCCCCCCCCCCC/C=C\CCCCCCCCCC)COC(OCC[N+](C)(C)C)C(=O)O. The molecule has 0 bridgehead atoms. The molecule has 0 saturated carbocycles. The van der Waals surface area contributed by atoms with Crippen molar-refractivity contribution in [2.45, 2.75) is 399 Å². The highest BCUT2D eigenvalue weighted by molar-refractivity contribution is 5.71. The van der Waals surface area contributed by atoms with Crippen molar-refractivity contribution in [2.24, 2.45) is 0 Å². The number of hydrogen-bond acceptors (Lipinski definition) is 7. The van der Waals surface area contributed by atoms with Crippen molar-refractivity contribution in [1.82, 2.24) is 0 Å². The molecule has 0 saturated heterocycles. The van der Waals surface area contributed by atoms with Gasteiger partial charge in [-0.3, -0.25) is 9.59 Å². The Morgan fingerprint density at radius 3 is 0.887 bits per heavy atom. The van der Waals surface area contributed by atoms with Crippen LogP contribution in [0.2, 0.25) is 0 Å². The van der Waals surface area contributed by atoms with E-state index in [0.717, 1.165) is 83.5 Å². The van der Waals surface area contributed by atoms with Crippen LogP contribution in [0.5, 0.6) is 0 Å². The number of esters is 2. The van der Waals surface area contributed by atoms with Gasteiger partial charge in [-0.1, -0.05) is 374 Å². The van der Waals surface area contributed by atoms with E-state index < -0.39 is 24.3 Å². The zero-order chi connectivity index (χ0) is 70.4. The standard InChI is InChI=1S/C88H157NO8/c1-6-8-10-12-14-16-18-20-22-24-26-28-30-32-34-36-38-40-42-43-45-46-48-50-52-54-56-58-60-62-64-66-68-70-72-74-76-78-85(90)95-82-84(83-96-88(87(92)93)94-81-80-89(3,4)5)97-86(91)79-77-75-73-71-69-67-65-63-61-59-57-55-53-51-49-47-44-41-39-37-35-33-31-29-27-25-23-21-19-17-15-13-11-9-7-2/h9,11,15,17,21,23-24,26-27,29,33,35,39,41,47,49,84,88H,6-8,10,12-14,16,18-20,22,25,28,30-32,34,36-38,40,42-46,48,50-83H2,1-5H3/p+1/b11-9-,17-15-,23-21-,26-24-,29-27-,35-33-,41-39-,49-47-. The summed E-state index contributed by atoms with van der Waals surface area (Å²) in [5, 5.41) is 9.78. The Hall–Kier alpha value is -3.79. The van der Waals surface area contributed by atoms with Crippen LogP contribution in [0.1, 0.15) is 386 Å². The lowest BCUT2D eigenvalue weighted by Crippen LogP contribution is -2.40. The second-order valence-corrected chi connectivity index (χ2v) is 29.1.